The summed E-state index contributed by atoms with van der Waals surface area (Å²) in [5.74, 6) is 0.297. The fraction of sp³-hybridized carbons (Fsp3) is 0.500. The first-order valence-corrected chi connectivity index (χ1v) is 6.85. The molecule has 1 aromatic carbocycles. The molecule has 3 heteroatoms. The van der Waals surface area contributed by atoms with Crippen molar-refractivity contribution in [2.75, 3.05) is 6.54 Å². The Hall–Kier alpha value is -1.48. The van der Waals surface area contributed by atoms with Gasteiger partial charge in [-0.05, 0) is 45.7 Å². The second-order valence-electron chi connectivity index (χ2n) is 5.73. The highest BCUT2D eigenvalue weighted by Gasteiger charge is 2.27. The van der Waals surface area contributed by atoms with Gasteiger partial charge in [0, 0.05) is 24.2 Å². The first kappa shape index (κ1) is 13.9. The minimum atomic E-state index is 0.0920. The Bertz CT molecular complexity index is 482. The smallest absolute Gasteiger partial charge is 0.124 e. The summed E-state index contributed by atoms with van der Waals surface area (Å²) in [6.07, 6.45) is 3.30. The van der Waals surface area contributed by atoms with E-state index in [0.29, 0.717) is 6.04 Å². The number of hydrogen-bond acceptors (Lipinski definition) is 3. The summed E-state index contributed by atoms with van der Waals surface area (Å²) in [5, 5.41) is 19.7. The number of rotatable bonds is 2. The number of hydrogen-bond donors (Lipinski definition) is 2. The van der Waals surface area contributed by atoms with Crippen LogP contribution in [0.2, 0.25) is 0 Å². The third kappa shape index (κ3) is 2.76. The normalized spacial score (nSPS) is 20.7. The largest absolute Gasteiger partial charge is 0.508 e. The average Bonchev–Trinajstić information content (AvgIpc) is 2.27. The zero-order chi connectivity index (χ0) is 14.2. The Kier molecular flexibility index (Phi) is 3.85. The molecule has 0 fully saturated rings. The van der Waals surface area contributed by atoms with Gasteiger partial charge in [-0.1, -0.05) is 11.6 Å². The highest BCUT2D eigenvalue weighted by molar-refractivity contribution is 5.48. The van der Waals surface area contributed by atoms with Gasteiger partial charge in [0.25, 0.3) is 0 Å². The monoisotopic (exact) mass is 261 g/mol. The average molecular weight is 261 g/mol. The molecular weight excluding hydrogens is 238 g/mol. The number of nitrogens with zero attached hydrogens (tertiary/aromatic N) is 1. The summed E-state index contributed by atoms with van der Waals surface area (Å²) >= 11 is 0. The van der Waals surface area contributed by atoms with Crippen molar-refractivity contribution in [2.24, 2.45) is 0 Å². The molecule has 0 aliphatic carbocycles. The van der Waals surface area contributed by atoms with Gasteiger partial charge in [0.05, 0.1) is 6.04 Å². The molecule has 0 amide bonds. The summed E-state index contributed by atoms with van der Waals surface area (Å²) in [7, 11) is 0. The predicted molar refractivity (Wildman–Crippen MR) is 77.5 cm³/mol. The van der Waals surface area contributed by atoms with Crippen molar-refractivity contribution >= 4 is 0 Å². The molecular formula is C16H23NO2. The van der Waals surface area contributed by atoms with E-state index < -0.39 is 0 Å². The Morgan fingerprint density at radius 2 is 1.89 bits per heavy atom. The molecule has 0 saturated carbocycles. The molecule has 1 aliphatic heterocycles. The van der Waals surface area contributed by atoms with E-state index in [9.17, 15) is 10.2 Å². The molecule has 2 rings (SSSR count). The van der Waals surface area contributed by atoms with E-state index in [1.807, 2.05) is 6.92 Å². The molecule has 19 heavy (non-hydrogen) atoms. The zero-order valence-electron chi connectivity index (χ0n) is 12.1. The number of phenolic OH excluding ortho intramolecular Hbond substituents is 2. The molecule has 104 valence electrons. The Labute approximate surface area is 115 Å². The van der Waals surface area contributed by atoms with Gasteiger partial charge in [0.15, 0.2) is 0 Å². The van der Waals surface area contributed by atoms with Crippen LogP contribution in [0.1, 0.15) is 44.4 Å². The molecule has 0 aromatic heterocycles. The zero-order valence-corrected chi connectivity index (χ0v) is 12.1. The van der Waals surface area contributed by atoms with Crippen LogP contribution < -0.4 is 0 Å². The van der Waals surface area contributed by atoms with Crippen molar-refractivity contribution in [2.45, 2.75) is 46.2 Å². The highest BCUT2D eigenvalue weighted by atomic mass is 16.3. The predicted octanol–water partition coefficient (Wildman–Crippen LogP) is 3.51. The molecule has 3 nitrogen and oxygen atoms in total. The van der Waals surface area contributed by atoms with Crippen LogP contribution in [0.25, 0.3) is 0 Å². The SMILES string of the molecule is CC1=CC(c2c(C)cc(O)cc2O)N(C(C)C)CC1. The van der Waals surface area contributed by atoms with E-state index in [1.165, 1.54) is 11.6 Å². The first-order valence-electron chi connectivity index (χ1n) is 6.85. The van der Waals surface area contributed by atoms with E-state index in [1.54, 1.807) is 6.07 Å². The van der Waals surface area contributed by atoms with Crippen molar-refractivity contribution in [3.05, 3.63) is 34.9 Å². The third-order valence-corrected chi connectivity index (χ3v) is 3.87. The maximum Gasteiger partial charge on any atom is 0.124 e. The lowest BCUT2D eigenvalue weighted by molar-refractivity contribution is 0.171. The molecule has 1 unspecified atom stereocenters. The number of benzene rings is 1. The summed E-state index contributed by atoms with van der Waals surface area (Å²) in [6.45, 7) is 9.43. The van der Waals surface area contributed by atoms with Crippen LogP contribution in [0.15, 0.2) is 23.8 Å². The van der Waals surface area contributed by atoms with Gasteiger partial charge in [-0.25, -0.2) is 0 Å². The van der Waals surface area contributed by atoms with Crippen LogP contribution in [0.4, 0.5) is 0 Å². The van der Waals surface area contributed by atoms with E-state index in [2.05, 4.69) is 31.7 Å². The Morgan fingerprint density at radius 1 is 1.21 bits per heavy atom. The van der Waals surface area contributed by atoms with Gasteiger partial charge in [-0.2, -0.15) is 0 Å². The van der Waals surface area contributed by atoms with Crippen molar-refractivity contribution in [1.29, 1.82) is 0 Å². The van der Waals surface area contributed by atoms with Crippen molar-refractivity contribution in [3.8, 4) is 11.5 Å². The van der Waals surface area contributed by atoms with E-state index in [4.69, 9.17) is 0 Å². The lowest BCUT2D eigenvalue weighted by Crippen LogP contribution is -2.37. The van der Waals surface area contributed by atoms with Crippen LogP contribution in [0, 0.1) is 6.92 Å². The molecule has 1 heterocycles. The lowest BCUT2D eigenvalue weighted by Gasteiger charge is -2.38. The molecule has 1 aliphatic rings. The highest BCUT2D eigenvalue weighted by Crippen LogP contribution is 2.39. The van der Waals surface area contributed by atoms with Gasteiger partial charge in [-0.15, -0.1) is 0 Å². The number of aromatic hydroxyl groups is 2. The summed E-state index contributed by atoms with van der Waals surface area (Å²) in [5.41, 5.74) is 3.19. The van der Waals surface area contributed by atoms with Gasteiger partial charge in [-0.3, -0.25) is 4.90 Å². The van der Waals surface area contributed by atoms with Crippen LogP contribution in [-0.4, -0.2) is 27.7 Å². The van der Waals surface area contributed by atoms with Crippen LogP contribution >= 0.6 is 0 Å². The fourth-order valence-electron chi connectivity index (χ4n) is 2.87. The topological polar surface area (TPSA) is 43.7 Å². The summed E-state index contributed by atoms with van der Waals surface area (Å²) in [6, 6.07) is 3.65. The van der Waals surface area contributed by atoms with Gasteiger partial charge >= 0.3 is 0 Å². The Morgan fingerprint density at radius 3 is 2.47 bits per heavy atom. The molecule has 0 spiro atoms. The Balaban J connectivity index is 2.51. The molecule has 2 N–H and O–H groups in total. The molecule has 0 radical (unpaired) electrons. The standard InChI is InChI=1S/C16H23NO2/c1-10(2)17-6-5-11(3)7-14(17)16-12(4)8-13(18)9-15(16)19/h7-10,14,18-19H,5-6H2,1-4H3. The number of phenols is 2. The third-order valence-electron chi connectivity index (χ3n) is 3.87. The second-order valence-corrected chi connectivity index (χ2v) is 5.73. The minimum Gasteiger partial charge on any atom is -0.508 e. The molecule has 0 saturated heterocycles. The molecule has 1 atom stereocenters. The number of aryl methyl sites for hydroxylation is 1. The van der Waals surface area contributed by atoms with Gasteiger partial charge < -0.3 is 10.2 Å². The first-order chi connectivity index (χ1) is 8.90. The molecule has 1 aromatic rings. The van der Waals surface area contributed by atoms with E-state index >= 15 is 0 Å². The van der Waals surface area contributed by atoms with Crippen molar-refractivity contribution < 1.29 is 10.2 Å². The van der Waals surface area contributed by atoms with E-state index in [-0.39, 0.29) is 17.5 Å². The summed E-state index contributed by atoms with van der Waals surface area (Å²) < 4.78 is 0. The summed E-state index contributed by atoms with van der Waals surface area (Å²) in [4.78, 5) is 2.38. The van der Waals surface area contributed by atoms with E-state index in [0.717, 1.165) is 24.1 Å². The van der Waals surface area contributed by atoms with Crippen molar-refractivity contribution in [1.82, 2.24) is 4.90 Å². The quantitative estimate of drug-likeness (QED) is 0.801. The van der Waals surface area contributed by atoms with Gasteiger partial charge in [0.1, 0.15) is 11.5 Å². The van der Waals surface area contributed by atoms with Crippen molar-refractivity contribution in [3.63, 3.8) is 0 Å². The second kappa shape index (κ2) is 5.25. The van der Waals surface area contributed by atoms with Gasteiger partial charge in [0.2, 0.25) is 0 Å². The van der Waals surface area contributed by atoms with Crippen LogP contribution in [0.3, 0.4) is 0 Å². The maximum atomic E-state index is 10.2. The molecule has 0 bridgehead atoms. The fourth-order valence-corrected chi connectivity index (χ4v) is 2.87. The minimum absolute atomic E-state index is 0.0920. The van der Waals surface area contributed by atoms with Crippen LogP contribution in [-0.2, 0) is 0 Å². The lowest BCUT2D eigenvalue weighted by atomic mass is 9.92. The maximum absolute atomic E-state index is 10.2. The van der Waals surface area contributed by atoms with Crippen LogP contribution in [0.5, 0.6) is 11.5 Å².